The third-order valence-electron chi connectivity index (χ3n) is 6.56. The van der Waals surface area contributed by atoms with Crippen molar-refractivity contribution in [3.63, 3.8) is 0 Å². The van der Waals surface area contributed by atoms with Crippen molar-refractivity contribution in [2.24, 2.45) is 28.2 Å². The average Bonchev–Trinajstić information content (AvgIpc) is 3.36. The number of esters is 1. The Bertz CT molecular complexity index is 638. The van der Waals surface area contributed by atoms with E-state index < -0.39 is 12.1 Å². The van der Waals surface area contributed by atoms with Crippen LogP contribution in [0.5, 0.6) is 0 Å². The van der Waals surface area contributed by atoms with Crippen LogP contribution < -0.4 is 0 Å². The number of carboxylic acids is 1. The zero-order valence-electron chi connectivity index (χ0n) is 19.8. The molecule has 0 bridgehead atoms. The molecule has 1 aliphatic heterocycles. The second kappa shape index (κ2) is 11.7. The minimum atomic E-state index is -0.794. The van der Waals surface area contributed by atoms with Crippen LogP contribution in [-0.2, 0) is 14.3 Å². The zero-order chi connectivity index (χ0) is 23.2. The summed E-state index contributed by atoms with van der Waals surface area (Å²) < 4.78 is 5.98. The molecule has 0 aromatic heterocycles. The smallest absolute Gasteiger partial charge is 0.309 e. The number of hydrogen-bond acceptors (Lipinski definition) is 6. The number of nitrogens with zero attached hydrogens (tertiary/aromatic N) is 1. The van der Waals surface area contributed by atoms with Crippen molar-refractivity contribution in [3.8, 4) is 0 Å². The number of thioether (sulfide) groups is 1. The third kappa shape index (κ3) is 8.41. The van der Waals surface area contributed by atoms with E-state index in [2.05, 4.69) is 32.7 Å². The van der Waals surface area contributed by atoms with E-state index in [1.54, 1.807) is 11.8 Å². The van der Waals surface area contributed by atoms with Crippen LogP contribution in [0.3, 0.4) is 0 Å². The van der Waals surface area contributed by atoms with E-state index in [0.29, 0.717) is 12.8 Å². The lowest BCUT2D eigenvalue weighted by atomic mass is 9.81. The molecule has 31 heavy (non-hydrogen) atoms. The van der Waals surface area contributed by atoms with Crippen LogP contribution in [0.4, 0.5) is 0 Å². The Hall–Kier alpha value is -1.08. The van der Waals surface area contributed by atoms with Crippen molar-refractivity contribution in [3.05, 3.63) is 0 Å². The number of ether oxygens (including phenoxy) is 1. The van der Waals surface area contributed by atoms with Gasteiger partial charge in [-0.1, -0.05) is 47.5 Å². The highest BCUT2D eigenvalue weighted by atomic mass is 32.2. The highest BCUT2D eigenvalue weighted by molar-refractivity contribution is 8.14. The van der Waals surface area contributed by atoms with Crippen molar-refractivity contribution in [2.75, 3.05) is 5.75 Å². The minimum absolute atomic E-state index is 0.0310. The molecular formula is C24H41NO5S. The van der Waals surface area contributed by atoms with E-state index in [0.717, 1.165) is 42.9 Å². The van der Waals surface area contributed by atoms with Gasteiger partial charge in [0.2, 0.25) is 0 Å². The van der Waals surface area contributed by atoms with Crippen molar-refractivity contribution >= 4 is 28.7 Å². The number of carbonyl (C=O) groups is 2. The molecular weight excluding hydrogens is 414 g/mol. The van der Waals surface area contributed by atoms with E-state index in [9.17, 15) is 14.7 Å². The molecule has 1 aliphatic carbocycles. The third-order valence-corrected chi connectivity index (χ3v) is 7.89. The summed E-state index contributed by atoms with van der Waals surface area (Å²) in [4.78, 5) is 28.0. The SMILES string of the molecule is C[C@H](C[C@H](OC(=O)C1CCCC1)C(C)(C)C)C[C@H](O)[C@H](C)C1=N[C@@H](CCC(=O)O)CS1. The highest BCUT2D eigenvalue weighted by Crippen LogP contribution is 2.34. The summed E-state index contributed by atoms with van der Waals surface area (Å²) in [5, 5.41) is 20.6. The van der Waals surface area contributed by atoms with Gasteiger partial charge in [-0.3, -0.25) is 14.6 Å². The highest BCUT2D eigenvalue weighted by Gasteiger charge is 2.34. The van der Waals surface area contributed by atoms with Gasteiger partial charge < -0.3 is 14.9 Å². The molecule has 5 atom stereocenters. The fourth-order valence-corrected chi connectivity index (χ4v) is 5.59. The van der Waals surface area contributed by atoms with E-state index in [4.69, 9.17) is 9.84 Å². The van der Waals surface area contributed by atoms with Gasteiger partial charge in [0.15, 0.2) is 0 Å². The van der Waals surface area contributed by atoms with Gasteiger partial charge >= 0.3 is 11.9 Å². The summed E-state index contributed by atoms with van der Waals surface area (Å²) in [6.07, 6.45) is 5.43. The van der Waals surface area contributed by atoms with E-state index in [-0.39, 0.29) is 47.7 Å². The first-order valence-corrected chi connectivity index (χ1v) is 12.8. The van der Waals surface area contributed by atoms with Crippen LogP contribution in [0, 0.1) is 23.2 Å². The first-order valence-electron chi connectivity index (χ1n) is 11.8. The summed E-state index contributed by atoms with van der Waals surface area (Å²) in [5.41, 5.74) is -0.151. The average molecular weight is 456 g/mol. The van der Waals surface area contributed by atoms with Crippen LogP contribution in [0.15, 0.2) is 4.99 Å². The molecule has 2 rings (SSSR count). The summed E-state index contributed by atoms with van der Waals surface area (Å²) in [5.74, 6) is 0.125. The standard InChI is InChI=1S/C24H41NO5S/c1-15(13-20(24(3,4)5)30-23(29)17-8-6-7-9-17)12-19(26)16(2)22-25-18(14-31-22)10-11-21(27)28/h15-20,26H,6-14H2,1-5H3,(H,27,28)/t15-,16-,18-,19-,20-/m0/s1. The van der Waals surface area contributed by atoms with E-state index in [1.807, 2.05) is 6.92 Å². The fraction of sp³-hybridized carbons (Fsp3) is 0.875. The van der Waals surface area contributed by atoms with Crippen LogP contribution in [0.2, 0.25) is 0 Å². The number of hydrogen-bond donors (Lipinski definition) is 2. The number of carbonyl (C=O) groups excluding carboxylic acids is 1. The normalized spacial score (nSPS) is 23.8. The van der Waals surface area contributed by atoms with Crippen molar-refractivity contribution in [1.29, 1.82) is 0 Å². The van der Waals surface area contributed by atoms with Gasteiger partial charge in [0.25, 0.3) is 0 Å². The Morgan fingerprint density at radius 2 is 1.84 bits per heavy atom. The monoisotopic (exact) mass is 455 g/mol. The van der Waals surface area contributed by atoms with Crippen LogP contribution in [0.25, 0.3) is 0 Å². The molecule has 1 saturated carbocycles. The molecule has 0 saturated heterocycles. The fourth-order valence-electron chi connectivity index (χ4n) is 4.34. The number of rotatable bonds is 11. The molecule has 1 fully saturated rings. The Morgan fingerprint density at radius 3 is 2.42 bits per heavy atom. The van der Waals surface area contributed by atoms with Gasteiger partial charge in [0, 0.05) is 18.1 Å². The molecule has 0 unspecified atom stereocenters. The quantitative estimate of drug-likeness (QED) is 0.429. The number of aliphatic hydroxyl groups is 1. The molecule has 0 spiro atoms. The van der Waals surface area contributed by atoms with Crippen LogP contribution in [-0.4, -0.2) is 51.2 Å². The first-order chi connectivity index (χ1) is 14.5. The molecule has 178 valence electrons. The molecule has 0 amide bonds. The maximum absolute atomic E-state index is 12.6. The first kappa shape index (κ1) is 26.2. The number of aliphatic imine (C=N–C) groups is 1. The molecule has 1 heterocycles. The van der Waals surface area contributed by atoms with Crippen molar-refractivity contribution in [1.82, 2.24) is 0 Å². The van der Waals surface area contributed by atoms with Crippen molar-refractivity contribution in [2.45, 2.75) is 104 Å². The maximum Gasteiger partial charge on any atom is 0.309 e. The lowest BCUT2D eigenvalue weighted by Gasteiger charge is -2.34. The lowest BCUT2D eigenvalue weighted by molar-refractivity contribution is -0.161. The number of aliphatic carboxylic acids is 1. The zero-order valence-corrected chi connectivity index (χ0v) is 20.6. The summed E-state index contributed by atoms with van der Waals surface area (Å²) in [6, 6.07) is 0.0310. The van der Waals surface area contributed by atoms with Gasteiger partial charge in [-0.15, -0.1) is 11.8 Å². The Morgan fingerprint density at radius 1 is 1.19 bits per heavy atom. The van der Waals surface area contributed by atoms with E-state index >= 15 is 0 Å². The summed E-state index contributed by atoms with van der Waals surface area (Å²) in [7, 11) is 0. The number of carboxylic acid groups (broad SMARTS) is 1. The van der Waals surface area contributed by atoms with E-state index in [1.165, 1.54) is 0 Å². The topological polar surface area (TPSA) is 96.2 Å². The molecule has 6 nitrogen and oxygen atoms in total. The lowest BCUT2D eigenvalue weighted by Crippen LogP contribution is -2.36. The van der Waals surface area contributed by atoms with Gasteiger partial charge in [0.1, 0.15) is 6.10 Å². The maximum atomic E-state index is 12.6. The van der Waals surface area contributed by atoms with Crippen LogP contribution >= 0.6 is 11.8 Å². The molecule has 0 radical (unpaired) electrons. The molecule has 7 heteroatoms. The Kier molecular flexibility index (Phi) is 9.87. The van der Waals surface area contributed by atoms with Gasteiger partial charge in [-0.2, -0.15) is 0 Å². The van der Waals surface area contributed by atoms with Gasteiger partial charge in [0.05, 0.1) is 23.1 Å². The Balaban J connectivity index is 1.87. The van der Waals surface area contributed by atoms with Crippen molar-refractivity contribution < 1.29 is 24.5 Å². The summed E-state index contributed by atoms with van der Waals surface area (Å²) >= 11 is 1.63. The largest absolute Gasteiger partial charge is 0.481 e. The Labute approximate surface area is 191 Å². The molecule has 2 N–H and O–H groups in total. The predicted octanol–water partition coefficient (Wildman–Crippen LogP) is 4.93. The second-order valence-corrected chi connectivity index (χ2v) is 11.6. The molecule has 2 aliphatic rings. The van der Waals surface area contributed by atoms with Gasteiger partial charge in [-0.05, 0) is 43.4 Å². The molecule has 0 aromatic carbocycles. The summed E-state index contributed by atoms with van der Waals surface area (Å²) in [6.45, 7) is 10.4. The second-order valence-electron chi connectivity index (χ2n) is 10.6. The number of aliphatic hydroxyl groups excluding tert-OH is 1. The minimum Gasteiger partial charge on any atom is -0.481 e. The van der Waals surface area contributed by atoms with Crippen LogP contribution in [0.1, 0.15) is 86.0 Å². The predicted molar refractivity (Wildman–Crippen MR) is 125 cm³/mol. The molecule has 0 aromatic rings. The van der Waals surface area contributed by atoms with Gasteiger partial charge in [-0.25, -0.2) is 0 Å².